The van der Waals surface area contributed by atoms with Gasteiger partial charge in [-0.05, 0) is 12.1 Å². The Bertz CT molecular complexity index is 321. The maximum absolute atomic E-state index is 9.21. The van der Waals surface area contributed by atoms with Crippen molar-refractivity contribution in [3.63, 3.8) is 0 Å². The van der Waals surface area contributed by atoms with Crippen LogP contribution in [-0.2, 0) is 0 Å². The van der Waals surface area contributed by atoms with Gasteiger partial charge < -0.3 is 15.7 Å². The van der Waals surface area contributed by atoms with E-state index in [1.165, 1.54) is 0 Å². The number of hydrogen-bond acceptors (Lipinski definition) is 5. The topological polar surface area (TPSA) is 65.6 Å². The Morgan fingerprint density at radius 3 is 2.59 bits per heavy atom. The number of aromatic nitrogens is 1. The van der Waals surface area contributed by atoms with Crippen molar-refractivity contribution >= 4 is 5.82 Å². The van der Waals surface area contributed by atoms with Crippen LogP contribution in [0.15, 0.2) is 24.4 Å². The zero-order chi connectivity index (χ0) is 12.1. The number of aliphatic hydroxyl groups excluding tert-OH is 1. The summed E-state index contributed by atoms with van der Waals surface area (Å²) in [6, 6.07) is 6.06. The van der Waals surface area contributed by atoms with E-state index in [1.807, 2.05) is 24.4 Å². The molecule has 17 heavy (non-hydrogen) atoms. The minimum absolute atomic E-state index is 0.0980. The molecular formula is C12H20N4O. The molecule has 1 fully saturated rings. The van der Waals surface area contributed by atoms with Gasteiger partial charge in [0.25, 0.3) is 0 Å². The highest BCUT2D eigenvalue weighted by Gasteiger charge is 2.22. The average Bonchev–Trinajstić information content (AvgIpc) is 2.42. The smallest absolute Gasteiger partial charge is 0.128 e. The highest BCUT2D eigenvalue weighted by Crippen LogP contribution is 2.13. The van der Waals surface area contributed by atoms with Gasteiger partial charge in [-0.15, -0.1) is 0 Å². The molecule has 0 spiro atoms. The fourth-order valence-corrected chi connectivity index (χ4v) is 2.20. The summed E-state index contributed by atoms with van der Waals surface area (Å²) in [5.41, 5.74) is 5.63. The van der Waals surface area contributed by atoms with Crippen LogP contribution in [0.2, 0.25) is 0 Å². The van der Waals surface area contributed by atoms with E-state index in [4.69, 9.17) is 5.73 Å². The molecule has 2 heterocycles. The van der Waals surface area contributed by atoms with Crippen LogP contribution in [0.4, 0.5) is 5.82 Å². The van der Waals surface area contributed by atoms with Gasteiger partial charge in [-0.1, -0.05) is 6.07 Å². The Kier molecular flexibility index (Phi) is 4.30. The maximum Gasteiger partial charge on any atom is 0.128 e. The van der Waals surface area contributed by atoms with Crippen molar-refractivity contribution in [2.45, 2.75) is 6.04 Å². The molecule has 0 saturated carbocycles. The zero-order valence-electron chi connectivity index (χ0n) is 10.00. The molecule has 1 aliphatic rings. The minimum atomic E-state index is 0.0980. The molecule has 5 nitrogen and oxygen atoms in total. The van der Waals surface area contributed by atoms with Gasteiger partial charge in [0.15, 0.2) is 0 Å². The van der Waals surface area contributed by atoms with E-state index in [0.29, 0.717) is 6.54 Å². The lowest BCUT2D eigenvalue weighted by Crippen LogP contribution is -2.53. The van der Waals surface area contributed by atoms with Gasteiger partial charge in [-0.25, -0.2) is 4.98 Å². The van der Waals surface area contributed by atoms with Gasteiger partial charge in [-0.3, -0.25) is 4.90 Å². The lowest BCUT2D eigenvalue weighted by Gasteiger charge is -2.38. The molecule has 1 unspecified atom stereocenters. The summed E-state index contributed by atoms with van der Waals surface area (Å²) in [6.07, 6.45) is 1.82. The standard InChI is InChI=1S/C12H20N4O/c13-9-11(10-17)15-5-7-16(8-6-15)12-3-1-2-4-14-12/h1-4,11,17H,5-10,13H2. The first-order chi connectivity index (χ1) is 8.35. The third-order valence-corrected chi connectivity index (χ3v) is 3.29. The summed E-state index contributed by atoms with van der Waals surface area (Å²) >= 11 is 0. The summed E-state index contributed by atoms with van der Waals surface area (Å²) < 4.78 is 0. The molecular weight excluding hydrogens is 216 g/mol. The molecule has 0 radical (unpaired) electrons. The van der Waals surface area contributed by atoms with E-state index < -0.39 is 0 Å². The lowest BCUT2D eigenvalue weighted by atomic mass is 10.2. The number of aliphatic hydroxyl groups is 1. The van der Waals surface area contributed by atoms with Crippen molar-refractivity contribution in [2.75, 3.05) is 44.2 Å². The summed E-state index contributed by atoms with van der Waals surface area (Å²) in [5.74, 6) is 1.03. The average molecular weight is 236 g/mol. The number of rotatable bonds is 4. The molecule has 5 heteroatoms. The quantitative estimate of drug-likeness (QED) is 0.739. The van der Waals surface area contributed by atoms with Gasteiger partial charge in [0.2, 0.25) is 0 Å². The van der Waals surface area contributed by atoms with Gasteiger partial charge >= 0.3 is 0 Å². The zero-order valence-corrected chi connectivity index (χ0v) is 10.00. The highest BCUT2D eigenvalue weighted by molar-refractivity contribution is 5.38. The van der Waals surface area contributed by atoms with Crippen LogP contribution in [0.5, 0.6) is 0 Å². The van der Waals surface area contributed by atoms with E-state index in [0.717, 1.165) is 32.0 Å². The van der Waals surface area contributed by atoms with E-state index in [9.17, 15) is 5.11 Å². The molecule has 2 rings (SSSR count). The summed E-state index contributed by atoms with van der Waals surface area (Å²) in [5, 5.41) is 9.21. The van der Waals surface area contributed by atoms with E-state index >= 15 is 0 Å². The van der Waals surface area contributed by atoms with Crippen molar-refractivity contribution in [2.24, 2.45) is 5.73 Å². The van der Waals surface area contributed by atoms with Crippen molar-refractivity contribution in [1.29, 1.82) is 0 Å². The molecule has 1 aromatic rings. The molecule has 1 aliphatic heterocycles. The predicted octanol–water partition coefficient (Wildman–Crippen LogP) is -0.477. The Hall–Kier alpha value is -1.17. The number of piperazine rings is 1. The Morgan fingerprint density at radius 2 is 2.06 bits per heavy atom. The molecule has 0 aromatic carbocycles. The summed E-state index contributed by atoms with van der Waals surface area (Å²) in [4.78, 5) is 8.86. The van der Waals surface area contributed by atoms with Crippen LogP contribution in [0.1, 0.15) is 0 Å². The molecule has 1 aromatic heterocycles. The maximum atomic E-state index is 9.21. The van der Waals surface area contributed by atoms with Crippen LogP contribution in [-0.4, -0.2) is 60.4 Å². The van der Waals surface area contributed by atoms with E-state index in [-0.39, 0.29) is 12.6 Å². The molecule has 1 atom stereocenters. The van der Waals surface area contributed by atoms with Gasteiger partial charge in [-0.2, -0.15) is 0 Å². The number of nitrogens with zero attached hydrogens (tertiary/aromatic N) is 3. The van der Waals surface area contributed by atoms with Crippen LogP contribution in [0.3, 0.4) is 0 Å². The Labute approximate surface area is 102 Å². The van der Waals surface area contributed by atoms with Gasteiger partial charge in [0.1, 0.15) is 5.82 Å². The van der Waals surface area contributed by atoms with Crippen molar-refractivity contribution < 1.29 is 5.11 Å². The second-order valence-corrected chi connectivity index (χ2v) is 4.28. The lowest BCUT2D eigenvalue weighted by molar-refractivity contribution is 0.121. The third-order valence-electron chi connectivity index (χ3n) is 3.29. The number of pyridine rings is 1. The Balaban J connectivity index is 1.90. The fraction of sp³-hybridized carbons (Fsp3) is 0.583. The second-order valence-electron chi connectivity index (χ2n) is 4.28. The molecule has 3 N–H and O–H groups in total. The number of hydrogen-bond donors (Lipinski definition) is 2. The number of anilines is 1. The first kappa shape index (κ1) is 12.3. The van der Waals surface area contributed by atoms with Crippen LogP contribution < -0.4 is 10.6 Å². The first-order valence-corrected chi connectivity index (χ1v) is 6.06. The van der Waals surface area contributed by atoms with Crippen molar-refractivity contribution in [1.82, 2.24) is 9.88 Å². The fourth-order valence-electron chi connectivity index (χ4n) is 2.20. The first-order valence-electron chi connectivity index (χ1n) is 6.06. The van der Waals surface area contributed by atoms with Crippen LogP contribution >= 0.6 is 0 Å². The highest BCUT2D eigenvalue weighted by atomic mass is 16.3. The van der Waals surface area contributed by atoms with E-state index in [1.54, 1.807) is 0 Å². The van der Waals surface area contributed by atoms with Crippen LogP contribution in [0.25, 0.3) is 0 Å². The van der Waals surface area contributed by atoms with Gasteiger partial charge in [0, 0.05) is 45.0 Å². The Morgan fingerprint density at radius 1 is 1.29 bits per heavy atom. The predicted molar refractivity (Wildman–Crippen MR) is 68.0 cm³/mol. The SMILES string of the molecule is NCC(CO)N1CCN(c2ccccn2)CC1. The monoisotopic (exact) mass is 236 g/mol. The largest absolute Gasteiger partial charge is 0.395 e. The van der Waals surface area contributed by atoms with Crippen molar-refractivity contribution in [3.05, 3.63) is 24.4 Å². The van der Waals surface area contributed by atoms with E-state index in [2.05, 4.69) is 14.8 Å². The second kappa shape index (κ2) is 5.95. The van der Waals surface area contributed by atoms with Crippen molar-refractivity contribution in [3.8, 4) is 0 Å². The normalized spacial score (nSPS) is 19.3. The minimum Gasteiger partial charge on any atom is -0.395 e. The molecule has 1 saturated heterocycles. The molecule has 94 valence electrons. The molecule has 0 aliphatic carbocycles. The molecule has 0 amide bonds. The summed E-state index contributed by atoms with van der Waals surface area (Å²) in [7, 11) is 0. The molecule has 0 bridgehead atoms. The summed E-state index contributed by atoms with van der Waals surface area (Å²) in [6.45, 7) is 4.39. The third kappa shape index (κ3) is 2.94. The number of nitrogens with two attached hydrogens (primary N) is 1. The van der Waals surface area contributed by atoms with Gasteiger partial charge in [0.05, 0.1) is 6.61 Å². The van der Waals surface area contributed by atoms with Crippen LogP contribution in [0, 0.1) is 0 Å².